The lowest BCUT2D eigenvalue weighted by atomic mass is 10.1. The fraction of sp³-hybridized carbons (Fsp3) is 0.381. The van der Waals surface area contributed by atoms with E-state index in [4.69, 9.17) is 14.2 Å². The van der Waals surface area contributed by atoms with Crippen LogP contribution in [0.15, 0.2) is 41.4 Å². The Bertz CT molecular complexity index is 769. The number of guanidine groups is 1. The van der Waals surface area contributed by atoms with Gasteiger partial charge in [-0.15, -0.1) is 0 Å². The molecule has 0 amide bonds. The molecule has 0 aliphatic carbocycles. The Balaban J connectivity index is 2.01. The number of nitrogens with one attached hydrogen (secondary N) is 1. The molecule has 0 saturated heterocycles. The normalized spacial score (nSPS) is 11.1. The molecular weight excluding hydrogens is 361 g/mol. The number of hydrogen-bond donors (Lipinski definition) is 1. The molecule has 2 aromatic rings. The molecule has 7 heteroatoms. The minimum Gasteiger partial charge on any atom is -0.496 e. The van der Waals surface area contributed by atoms with Gasteiger partial charge in [-0.05, 0) is 24.1 Å². The SMILES string of the molecule is CN=C(NCCc1c(OC)cc(OC)cc1OC)N(C)Cc1ccc(F)cc1. The van der Waals surface area contributed by atoms with Crippen molar-refractivity contribution in [3.63, 3.8) is 0 Å². The van der Waals surface area contributed by atoms with Gasteiger partial charge in [0.05, 0.1) is 21.3 Å². The lowest BCUT2D eigenvalue weighted by molar-refractivity contribution is 0.368. The van der Waals surface area contributed by atoms with Gasteiger partial charge in [0.2, 0.25) is 0 Å². The van der Waals surface area contributed by atoms with Gasteiger partial charge in [-0.3, -0.25) is 4.99 Å². The van der Waals surface area contributed by atoms with Crippen LogP contribution in [0.1, 0.15) is 11.1 Å². The second-order valence-corrected chi connectivity index (χ2v) is 6.22. The Hall–Kier alpha value is -2.96. The molecule has 0 saturated carbocycles. The molecule has 0 unspecified atom stereocenters. The van der Waals surface area contributed by atoms with Crippen LogP contribution in [-0.2, 0) is 13.0 Å². The van der Waals surface area contributed by atoms with Crippen molar-refractivity contribution in [2.45, 2.75) is 13.0 Å². The highest BCUT2D eigenvalue weighted by atomic mass is 19.1. The lowest BCUT2D eigenvalue weighted by Crippen LogP contribution is -2.39. The van der Waals surface area contributed by atoms with Crippen molar-refractivity contribution >= 4 is 5.96 Å². The maximum atomic E-state index is 13.1. The number of ether oxygens (including phenoxy) is 3. The Morgan fingerprint density at radius 2 is 1.64 bits per heavy atom. The molecule has 152 valence electrons. The first kappa shape index (κ1) is 21.3. The summed E-state index contributed by atoms with van der Waals surface area (Å²) in [7, 11) is 8.53. The summed E-state index contributed by atoms with van der Waals surface area (Å²) in [5.74, 6) is 2.62. The van der Waals surface area contributed by atoms with Gasteiger partial charge in [-0.1, -0.05) is 12.1 Å². The van der Waals surface area contributed by atoms with Crippen molar-refractivity contribution in [1.82, 2.24) is 10.2 Å². The summed E-state index contributed by atoms with van der Waals surface area (Å²) in [6, 6.07) is 10.1. The van der Waals surface area contributed by atoms with E-state index in [1.807, 2.05) is 24.1 Å². The summed E-state index contributed by atoms with van der Waals surface area (Å²) in [5, 5.41) is 3.34. The van der Waals surface area contributed by atoms with Gasteiger partial charge in [0.25, 0.3) is 0 Å². The predicted octanol–water partition coefficient (Wildman–Crippen LogP) is 3.10. The van der Waals surface area contributed by atoms with Crippen molar-refractivity contribution in [2.24, 2.45) is 4.99 Å². The van der Waals surface area contributed by atoms with E-state index >= 15 is 0 Å². The standard InChI is InChI=1S/C21H28FN3O3/c1-23-21(25(2)14-15-6-8-16(22)9-7-15)24-11-10-18-19(27-4)12-17(26-3)13-20(18)28-5/h6-9,12-13H,10-11,14H2,1-5H3,(H,23,24). The van der Waals surface area contributed by atoms with E-state index < -0.39 is 0 Å². The minimum absolute atomic E-state index is 0.240. The van der Waals surface area contributed by atoms with Gasteiger partial charge in [-0.2, -0.15) is 0 Å². The van der Waals surface area contributed by atoms with E-state index in [0.717, 1.165) is 17.1 Å². The molecule has 0 radical (unpaired) electrons. The summed E-state index contributed by atoms with van der Waals surface area (Å²) in [6.07, 6.45) is 0.680. The summed E-state index contributed by atoms with van der Waals surface area (Å²) in [5.41, 5.74) is 1.96. The molecule has 0 aliphatic rings. The van der Waals surface area contributed by atoms with Crippen molar-refractivity contribution in [2.75, 3.05) is 42.0 Å². The van der Waals surface area contributed by atoms with Crippen molar-refractivity contribution in [3.05, 3.63) is 53.3 Å². The highest BCUT2D eigenvalue weighted by Gasteiger charge is 2.14. The van der Waals surface area contributed by atoms with Crippen LogP contribution in [-0.4, -0.2) is 52.8 Å². The molecule has 2 aromatic carbocycles. The third kappa shape index (κ3) is 5.52. The zero-order valence-electron chi connectivity index (χ0n) is 17.1. The van der Waals surface area contributed by atoms with E-state index in [1.54, 1.807) is 40.5 Å². The monoisotopic (exact) mass is 389 g/mol. The quantitative estimate of drug-likeness (QED) is 0.555. The van der Waals surface area contributed by atoms with Crippen LogP contribution >= 0.6 is 0 Å². The Morgan fingerprint density at radius 1 is 1.04 bits per heavy atom. The third-order valence-corrected chi connectivity index (χ3v) is 4.38. The number of nitrogens with zero attached hydrogens (tertiary/aromatic N) is 2. The maximum Gasteiger partial charge on any atom is 0.193 e. The maximum absolute atomic E-state index is 13.1. The fourth-order valence-electron chi connectivity index (χ4n) is 2.95. The molecular formula is C21H28FN3O3. The van der Waals surface area contributed by atoms with Crippen LogP contribution in [0.4, 0.5) is 4.39 Å². The van der Waals surface area contributed by atoms with E-state index in [9.17, 15) is 4.39 Å². The van der Waals surface area contributed by atoms with Crippen LogP contribution in [0, 0.1) is 5.82 Å². The smallest absolute Gasteiger partial charge is 0.193 e. The van der Waals surface area contributed by atoms with E-state index in [2.05, 4.69) is 10.3 Å². The van der Waals surface area contributed by atoms with Crippen LogP contribution in [0.2, 0.25) is 0 Å². The first-order valence-electron chi connectivity index (χ1n) is 8.97. The summed E-state index contributed by atoms with van der Waals surface area (Å²) >= 11 is 0. The number of hydrogen-bond acceptors (Lipinski definition) is 4. The number of benzene rings is 2. The molecule has 2 rings (SSSR count). The number of methoxy groups -OCH3 is 3. The van der Waals surface area contributed by atoms with Crippen LogP contribution in [0.25, 0.3) is 0 Å². The first-order valence-corrected chi connectivity index (χ1v) is 8.97. The number of aliphatic imine (C=N–C) groups is 1. The summed E-state index contributed by atoms with van der Waals surface area (Å²) < 4.78 is 29.3. The zero-order chi connectivity index (χ0) is 20.5. The second kappa shape index (κ2) is 10.4. The Kier molecular flexibility index (Phi) is 7.92. The summed E-state index contributed by atoms with van der Waals surface area (Å²) in [6.45, 7) is 1.26. The predicted molar refractivity (Wildman–Crippen MR) is 109 cm³/mol. The van der Waals surface area contributed by atoms with Crippen LogP contribution in [0.3, 0.4) is 0 Å². The Labute approximate surface area is 165 Å². The highest BCUT2D eigenvalue weighted by Crippen LogP contribution is 2.34. The molecule has 1 N–H and O–H groups in total. The third-order valence-electron chi connectivity index (χ3n) is 4.38. The van der Waals surface area contributed by atoms with Crippen LogP contribution < -0.4 is 19.5 Å². The van der Waals surface area contributed by atoms with Gasteiger partial charge in [-0.25, -0.2) is 4.39 Å². The molecule has 28 heavy (non-hydrogen) atoms. The molecule has 0 aromatic heterocycles. The molecule has 6 nitrogen and oxygen atoms in total. The van der Waals surface area contributed by atoms with Crippen molar-refractivity contribution in [1.29, 1.82) is 0 Å². The average molecular weight is 389 g/mol. The topological polar surface area (TPSA) is 55.3 Å². The minimum atomic E-state index is -0.240. The largest absolute Gasteiger partial charge is 0.496 e. The zero-order valence-corrected chi connectivity index (χ0v) is 17.1. The second-order valence-electron chi connectivity index (χ2n) is 6.22. The first-order chi connectivity index (χ1) is 13.5. The molecule has 0 spiro atoms. The van der Waals surface area contributed by atoms with Gasteiger partial charge in [0.15, 0.2) is 5.96 Å². The van der Waals surface area contributed by atoms with Gasteiger partial charge >= 0.3 is 0 Å². The molecule has 0 heterocycles. The average Bonchev–Trinajstić information content (AvgIpc) is 2.72. The molecule has 0 bridgehead atoms. The fourth-order valence-corrected chi connectivity index (χ4v) is 2.95. The van der Waals surface area contributed by atoms with Crippen LogP contribution in [0.5, 0.6) is 17.2 Å². The molecule has 0 fully saturated rings. The van der Waals surface area contributed by atoms with Crippen molar-refractivity contribution < 1.29 is 18.6 Å². The Morgan fingerprint density at radius 3 is 2.14 bits per heavy atom. The van der Waals surface area contributed by atoms with Gasteiger partial charge < -0.3 is 24.4 Å². The summed E-state index contributed by atoms with van der Waals surface area (Å²) in [4.78, 5) is 6.30. The molecule has 0 aliphatic heterocycles. The number of halogens is 1. The lowest BCUT2D eigenvalue weighted by Gasteiger charge is -2.22. The van der Waals surface area contributed by atoms with E-state index in [-0.39, 0.29) is 5.82 Å². The van der Waals surface area contributed by atoms with Gasteiger partial charge in [0.1, 0.15) is 23.1 Å². The van der Waals surface area contributed by atoms with E-state index in [0.29, 0.717) is 36.8 Å². The number of rotatable bonds is 8. The van der Waals surface area contributed by atoms with Gasteiger partial charge in [0, 0.05) is 44.9 Å². The molecule has 0 atom stereocenters. The van der Waals surface area contributed by atoms with Crippen molar-refractivity contribution in [3.8, 4) is 17.2 Å². The van der Waals surface area contributed by atoms with E-state index in [1.165, 1.54) is 12.1 Å². The highest BCUT2D eigenvalue weighted by molar-refractivity contribution is 5.79.